The normalized spacial score (nSPS) is 10.3. The third kappa shape index (κ3) is 2.95. The van der Waals surface area contributed by atoms with E-state index in [4.69, 9.17) is 0 Å². The molecule has 1 rings (SSSR count). The van der Waals surface area contributed by atoms with Crippen molar-refractivity contribution in [2.75, 3.05) is 0 Å². The van der Waals surface area contributed by atoms with Crippen LogP contribution in [0.2, 0.25) is 0 Å². The predicted octanol–water partition coefficient (Wildman–Crippen LogP) is 2.79. The summed E-state index contributed by atoms with van der Waals surface area (Å²) in [5, 5.41) is 0. The van der Waals surface area contributed by atoms with Gasteiger partial charge in [-0.1, -0.05) is 33.6 Å². The lowest BCUT2D eigenvalue weighted by Crippen LogP contribution is -1.89. The highest BCUT2D eigenvalue weighted by molar-refractivity contribution is 5.26. The first-order chi connectivity index (χ1) is 6.09. The van der Waals surface area contributed by atoms with Gasteiger partial charge in [-0.25, -0.2) is 4.98 Å². The Kier molecular flexibility index (Phi) is 3.13. The minimum atomic E-state index is 0. The summed E-state index contributed by atoms with van der Waals surface area (Å²) in [5.41, 5.74) is 0.914. The molecule has 13 heavy (non-hydrogen) atoms. The largest absolute Gasteiger partial charge is 0.335 e. The third-order valence-electron chi connectivity index (χ3n) is 1.64. The molecule has 0 aromatic carbocycles. The number of rotatable bonds is 1. The van der Waals surface area contributed by atoms with Crippen LogP contribution >= 0.6 is 0 Å². The zero-order valence-corrected chi connectivity index (χ0v) is 8.68. The summed E-state index contributed by atoms with van der Waals surface area (Å²) in [7, 11) is 0. The molecule has 0 unspecified atom stereocenters. The van der Waals surface area contributed by atoms with Gasteiger partial charge in [0.2, 0.25) is 0 Å². The van der Waals surface area contributed by atoms with Crippen molar-refractivity contribution in [1.82, 2.24) is 9.97 Å². The molecule has 0 bridgehead atoms. The Morgan fingerprint density at radius 3 is 2.54 bits per heavy atom. The van der Waals surface area contributed by atoms with E-state index in [1.54, 1.807) is 6.20 Å². The van der Waals surface area contributed by atoms with Gasteiger partial charge in [-0.2, -0.15) is 0 Å². The summed E-state index contributed by atoms with van der Waals surface area (Å²) < 4.78 is 0. The van der Waals surface area contributed by atoms with Crippen LogP contribution in [0.3, 0.4) is 0 Å². The SMILES string of the molecule is CC(C)C#Cc1cnc(C(C)C)[nH]1.[HH]. The zero-order valence-electron chi connectivity index (χ0n) is 8.68. The van der Waals surface area contributed by atoms with Crippen LogP contribution in [0.1, 0.15) is 46.6 Å². The summed E-state index contributed by atoms with van der Waals surface area (Å²) >= 11 is 0. The Morgan fingerprint density at radius 2 is 2.08 bits per heavy atom. The molecule has 0 aliphatic heterocycles. The first-order valence-corrected chi connectivity index (χ1v) is 4.66. The van der Waals surface area contributed by atoms with Crippen LogP contribution in [-0.2, 0) is 0 Å². The van der Waals surface area contributed by atoms with E-state index in [0.717, 1.165) is 11.5 Å². The average molecular weight is 178 g/mol. The topological polar surface area (TPSA) is 28.7 Å². The Bertz CT molecular complexity index is 329. The summed E-state index contributed by atoms with van der Waals surface area (Å²) in [4.78, 5) is 7.42. The summed E-state index contributed by atoms with van der Waals surface area (Å²) in [6, 6.07) is 0. The molecule has 0 aliphatic carbocycles. The fraction of sp³-hybridized carbons (Fsp3) is 0.545. The molecule has 1 aromatic rings. The number of hydrogen-bond acceptors (Lipinski definition) is 1. The molecule has 0 radical (unpaired) electrons. The summed E-state index contributed by atoms with van der Waals surface area (Å²) in [5.74, 6) is 8.00. The molecule has 0 saturated heterocycles. The zero-order chi connectivity index (χ0) is 9.84. The van der Waals surface area contributed by atoms with Gasteiger partial charge in [0.1, 0.15) is 11.5 Å². The highest BCUT2D eigenvalue weighted by Crippen LogP contribution is 2.08. The van der Waals surface area contributed by atoms with Gasteiger partial charge in [-0.05, 0) is 5.92 Å². The van der Waals surface area contributed by atoms with Gasteiger partial charge in [0.05, 0.1) is 6.20 Å². The number of H-pyrrole nitrogens is 1. The summed E-state index contributed by atoms with van der Waals surface area (Å²) in [6.45, 7) is 8.37. The standard InChI is InChI=1S/C11H16N2.H2/c1-8(2)5-6-10-7-12-11(13-10)9(3)4;/h7-9H,1-4H3,(H,12,13);1H. The van der Waals surface area contributed by atoms with Crippen molar-refractivity contribution in [3.05, 3.63) is 17.7 Å². The smallest absolute Gasteiger partial charge is 0.109 e. The van der Waals surface area contributed by atoms with Gasteiger partial charge >= 0.3 is 0 Å². The lowest BCUT2D eigenvalue weighted by atomic mass is 10.2. The fourth-order valence-corrected chi connectivity index (χ4v) is 0.916. The van der Waals surface area contributed by atoms with Crippen molar-refractivity contribution < 1.29 is 1.43 Å². The number of hydrogen-bond donors (Lipinski definition) is 1. The minimum absolute atomic E-state index is 0. The number of nitrogens with one attached hydrogen (secondary N) is 1. The predicted molar refractivity (Wildman–Crippen MR) is 56.5 cm³/mol. The first-order valence-electron chi connectivity index (χ1n) is 4.66. The lowest BCUT2D eigenvalue weighted by Gasteiger charge is -1.96. The van der Waals surface area contributed by atoms with Crippen molar-refractivity contribution in [1.29, 1.82) is 0 Å². The van der Waals surface area contributed by atoms with Gasteiger partial charge in [0.25, 0.3) is 0 Å². The van der Waals surface area contributed by atoms with E-state index in [1.807, 2.05) is 0 Å². The lowest BCUT2D eigenvalue weighted by molar-refractivity contribution is 0.793. The van der Waals surface area contributed by atoms with Gasteiger partial charge in [-0.15, -0.1) is 0 Å². The van der Waals surface area contributed by atoms with Crippen LogP contribution in [0.5, 0.6) is 0 Å². The monoisotopic (exact) mass is 178 g/mol. The maximum atomic E-state index is 4.24. The Labute approximate surface area is 81.3 Å². The van der Waals surface area contributed by atoms with E-state index < -0.39 is 0 Å². The number of nitrogens with zero attached hydrogens (tertiary/aromatic N) is 1. The molecule has 0 spiro atoms. The van der Waals surface area contributed by atoms with Crippen LogP contribution in [0.15, 0.2) is 6.20 Å². The molecule has 0 saturated carbocycles. The fourth-order valence-electron chi connectivity index (χ4n) is 0.916. The first kappa shape index (κ1) is 9.85. The molecule has 2 heteroatoms. The van der Waals surface area contributed by atoms with Crippen molar-refractivity contribution in [2.24, 2.45) is 5.92 Å². The average Bonchev–Trinajstić information content (AvgIpc) is 2.48. The second-order valence-corrected chi connectivity index (χ2v) is 3.76. The second kappa shape index (κ2) is 4.13. The van der Waals surface area contributed by atoms with Gasteiger partial charge < -0.3 is 4.98 Å². The number of aromatic amines is 1. The number of imidazole rings is 1. The highest BCUT2D eigenvalue weighted by atomic mass is 14.9. The molecule has 1 heterocycles. The molecule has 2 nitrogen and oxygen atoms in total. The molecule has 72 valence electrons. The Balaban J connectivity index is 0.00000169. The molecular weight excluding hydrogens is 160 g/mol. The van der Waals surface area contributed by atoms with E-state index in [2.05, 4.69) is 49.5 Å². The van der Waals surface area contributed by atoms with Crippen molar-refractivity contribution in [3.63, 3.8) is 0 Å². The van der Waals surface area contributed by atoms with E-state index in [-0.39, 0.29) is 1.43 Å². The van der Waals surface area contributed by atoms with Gasteiger partial charge in [0, 0.05) is 13.3 Å². The molecule has 0 aliphatic rings. The van der Waals surface area contributed by atoms with E-state index >= 15 is 0 Å². The third-order valence-corrected chi connectivity index (χ3v) is 1.64. The Morgan fingerprint density at radius 1 is 1.38 bits per heavy atom. The van der Waals surface area contributed by atoms with E-state index in [0.29, 0.717) is 11.8 Å². The Hall–Kier alpha value is -1.23. The van der Waals surface area contributed by atoms with E-state index in [9.17, 15) is 0 Å². The second-order valence-electron chi connectivity index (χ2n) is 3.76. The van der Waals surface area contributed by atoms with Crippen molar-refractivity contribution in [3.8, 4) is 11.8 Å². The molecule has 0 fully saturated rings. The maximum Gasteiger partial charge on any atom is 0.109 e. The van der Waals surface area contributed by atoms with Gasteiger partial charge in [-0.3, -0.25) is 0 Å². The molecule has 1 N–H and O–H groups in total. The minimum Gasteiger partial charge on any atom is -0.335 e. The molecule has 0 amide bonds. The van der Waals surface area contributed by atoms with Gasteiger partial charge in [0.15, 0.2) is 0 Å². The van der Waals surface area contributed by atoms with Crippen LogP contribution in [0.4, 0.5) is 0 Å². The van der Waals surface area contributed by atoms with Crippen LogP contribution in [0, 0.1) is 17.8 Å². The summed E-state index contributed by atoms with van der Waals surface area (Å²) in [6.07, 6.45) is 1.80. The van der Waals surface area contributed by atoms with E-state index in [1.165, 1.54) is 0 Å². The van der Waals surface area contributed by atoms with Crippen LogP contribution in [-0.4, -0.2) is 9.97 Å². The highest BCUT2D eigenvalue weighted by Gasteiger charge is 2.01. The molecular formula is C11H18N2. The van der Waals surface area contributed by atoms with Crippen LogP contribution < -0.4 is 0 Å². The quantitative estimate of drug-likeness (QED) is 0.658. The van der Waals surface area contributed by atoms with Crippen molar-refractivity contribution >= 4 is 0 Å². The van der Waals surface area contributed by atoms with Crippen molar-refractivity contribution in [2.45, 2.75) is 33.6 Å². The maximum absolute atomic E-state index is 4.24. The van der Waals surface area contributed by atoms with Crippen LogP contribution in [0.25, 0.3) is 0 Å². The number of aromatic nitrogens is 2. The molecule has 0 atom stereocenters. The molecule has 1 aromatic heterocycles.